The van der Waals surface area contributed by atoms with Crippen molar-refractivity contribution in [3.63, 3.8) is 0 Å². The molecule has 1 aliphatic rings. The molecule has 0 saturated heterocycles. The van der Waals surface area contributed by atoms with Crippen LogP contribution in [0.1, 0.15) is 45.4 Å². The number of para-hydroxylation sites is 1. The lowest BCUT2D eigenvalue weighted by Crippen LogP contribution is -2.17. The Morgan fingerprint density at radius 1 is 1.34 bits per heavy atom. The molecule has 29 heavy (non-hydrogen) atoms. The summed E-state index contributed by atoms with van der Waals surface area (Å²) in [5, 5.41) is 3.71. The highest BCUT2D eigenvalue weighted by molar-refractivity contribution is 7.16. The van der Waals surface area contributed by atoms with E-state index in [9.17, 15) is 9.59 Å². The SMILES string of the molecule is COC(=O)c1c(/N=C/c2c(C)[nH]n(-c3ccccc3)c2=O)sc2c1CCC(C)C2. The Morgan fingerprint density at radius 2 is 2.10 bits per heavy atom. The second kappa shape index (κ2) is 7.83. The number of aryl methyl sites for hydroxylation is 1. The number of aliphatic imine (C=N–C) groups is 1. The van der Waals surface area contributed by atoms with E-state index in [0.717, 1.165) is 36.2 Å². The number of nitrogens with zero attached hydrogens (tertiary/aromatic N) is 2. The number of H-pyrrole nitrogens is 1. The molecule has 7 heteroatoms. The van der Waals surface area contributed by atoms with Crippen molar-refractivity contribution in [3.8, 4) is 5.69 Å². The van der Waals surface area contributed by atoms with Crippen LogP contribution in [0, 0.1) is 12.8 Å². The zero-order chi connectivity index (χ0) is 20.5. The second-order valence-corrected chi connectivity index (χ2v) is 8.49. The molecule has 0 aliphatic heterocycles. The molecule has 0 saturated carbocycles. The van der Waals surface area contributed by atoms with Crippen LogP contribution in [0.2, 0.25) is 0 Å². The summed E-state index contributed by atoms with van der Waals surface area (Å²) in [7, 11) is 1.39. The van der Waals surface area contributed by atoms with Gasteiger partial charge in [0.2, 0.25) is 0 Å². The van der Waals surface area contributed by atoms with Gasteiger partial charge in [-0.1, -0.05) is 25.1 Å². The molecular formula is C22H23N3O3S. The number of benzene rings is 1. The van der Waals surface area contributed by atoms with Crippen molar-refractivity contribution < 1.29 is 9.53 Å². The molecule has 1 N–H and O–H groups in total. The van der Waals surface area contributed by atoms with Crippen LogP contribution in [0.5, 0.6) is 0 Å². The first-order valence-corrected chi connectivity index (χ1v) is 10.4. The third-order valence-corrected chi connectivity index (χ3v) is 6.49. The molecule has 4 rings (SSSR count). The Morgan fingerprint density at radius 3 is 2.83 bits per heavy atom. The van der Waals surface area contributed by atoms with Crippen LogP contribution >= 0.6 is 11.3 Å². The lowest BCUT2D eigenvalue weighted by atomic mass is 9.88. The molecule has 1 aromatic carbocycles. The monoisotopic (exact) mass is 409 g/mol. The molecule has 3 aromatic rings. The highest BCUT2D eigenvalue weighted by Crippen LogP contribution is 2.41. The number of carbonyl (C=O) groups excluding carboxylic acids is 1. The maximum Gasteiger partial charge on any atom is 0.341 e. The molecule has 2 heterocycles. The minimum Gasteiger partial charge on any atom is -0.465 e. The lowest BCUT2D eigenvalue weighted by molar-refractivity contribution is 0.0600. The van der Waals surface area contributed by atoms with Crippen molar-refractivity contribution in [2.24, 2.45) is 10.9 Å². The van der Waals surface area contributed by atoms with Crippen molar-refractivity contribution in [2.45, 2.75) is 33.1 Å². The van der Waals surface area contributed by atoms with Gasteiger partial charge < -0.3 is 4.74 Å². The summed E-state index contributed by atoms with van der Waals surface area (Å²) in [6.45, 7) is 4.06. The first-order valence-electron chi connectivity index (χ1n) is 9.63. The second-order valence-electron chi connectivity index (χ2n) is 7.41. The number of aromatic amines is 1. The highest BCUT2D eigenvalue weighted by Gasteiger charge is 2.28. The van der Waals surface area contributed by atoms with Crippen molar-refractivity contribution in [1.29, 1.82) is 0 Å². The van der Waals surface area contributed by atoms with Crippen LogP contribution < -0.4 is 5.56 Å². The molecule has 150 valence electrons. The van der Waals surface area contributed by atoms with Gasteiger partial charge in [0.25, 0.3) is 5.56 Å². The molecule has 2 aromatic heterocycles. The van der Waals surface area contributed by atoms with Crippen LogP contribution in [0.4, 0.5) is 5.00 Å². The van der Waals surface area contributed by atoms with Crippen LogP contribution in [0.3, 0.4) is 0 Å². The summed E-state index contributed by atoms with van der Waals surface area (Å²) in [4.78, 5) is 31.1. The van der Waals surface area contributed by atoms with Gasteiger partial charge in [-0.05, 0) is 49.8 Å². The van der Waals surface area contributed by atoms with E-state index in [1.54, 1.807) is 6.21 Å². The summed E-state index contributed by atoms with van der Waals surface area (Å²) in [6.07, 6.45) is 4.41. The van der Waals surface area contributed by atoms with Gasteiger partial charge in [-0.15, -0.1) is 11.3 Å². The van der Waals surface area contributed by atoms with E-state index in [4.69, 9.17) is 4.74 Å². The molecule has 6 nitrogen and oxygen atoms in total. The third kappa shape index (κ3) is 3.58. The van der Waals surface area contributed by atoms with Gasteiger partial charge in [0.15, 0.2) is 0 Å². The molecule has 1 unspecified atom stereocenters. The van der Waals surface area contributed by atoms with Gasteiger partial charge in [-0.3, -0.25) is 9.89 Å². The van der Waals surface area contributed by atoms with Crippen molar-refractivity contribution in [1.82, 2.24) is 9.78 Å². The van der Waals surface area contributed by atoms with E-state index in [1.165, 1.54) is 28.0 Å². The average molecular weight is 410 g/mol. The topological polar surface area (TPSA) is 76.4 Å². The van der Waals surface area contributed by atoms with Crippen molar-refractivity contribution in [3.05, 3.63) is 67.9 Å². The summed E-state index contributed by atoms with van der Waals surface area (Å²) in [6, 6.07) is 9.39. The molecule has 0 spiro atoms. The molecule has 1 aliphatic carbocycles. The molecule has 1 atom stereocenters. The number of ether oxygens (including phenoxy) is 1. The van der Waals surface area contributed by atoms with Gasteiger partial charge in [0.1, 0.15) is 5.00 Å². The summed E-state index contributed by atoms with van der Waals surface area (Å²) in [5.74, 6) is 0.227. The Labute approximate surface area is 172 Å². The van der Waals surface area contributed by atoms with Gasteiger partial charge in [0.05, 0.1) is 23.9 Å². The predicted octanol–water partition coefficient (Wildman–Crippen LogP) is 4.20. The van der Waals surface area contributed by atoms with E-state index >= 15 is 0 Å². The quantitative estimate of drug-likeness (QED) is 0.518. The summed E-state index contributed by atoms with van der Waals surface area (Å²) >= 11 is 1.53. The Kier molecular flexibility index (Phi) is 5.24. The number of hydrogen-bond donors (Lipinski definition) is 1. The maximum absolute atomic E-state index is 12.9. The number of aromatic nitrogens is 2. The summed E-state index contributed by atoms with van der Waals surface area (Å²) in [5.41, 5.74) is 3.39. The highest BCUT2D eigenvalue weighted by atomic mass is 32.1. The fourth-order valence-corrected chi connectivity index (χ4v) is 5.08. The Hall–Kier alpha value is -2.93. The number of rotatable bonds is 4. The lowest BCUT2D eigenvalue weighted by Gasteiger charge is -2.18. The number of hydrogen-bond acceptors (Lipinski definition) is 5. The van der Waals surface area contributed by atoms with E-state index in [0.29, 0.717) is 22.0 Å². The van der Waals surface area contributed by atoms with E-state index < -0.39 is 0 Å². The Bertz CT molecular complexity index is 1140. The predicted molar refractivity (Wildman–Crippen MR) is 115 cm³/mol. The fraction of sp³-hybridized carbons (Fsp3) is 0.318. The van der Waals surface area contributed by atoms with E-state index in [2.05, 4.69) is 17.0 Å². The number of fused-ring (bicyclic) bond motifs is 1. The van der Waals surface area contributed by atoms with Crippen molar-refractivity contribution in [2.75, 3.05) is 7.11 Å². The fourth-order valence-electron chi connectivity index (χ4n) is 3.73. The van der Waals surface area contributed by atoms with E-state index in [1.807, 2.05) is 37.3 Å². The minimum absolute atomic E-state index is 0.174. The summed E-state index contributed by atoms with van der Waals surface area (Å²) < 4.78 is 6.51. The first-order chi connectivity index (χ1) is 14.0. The standard InChI is InChI=1S/C22H23N3O3S/c1-13-9-10-16-18(11-13)29-20(19(16)22(27)28-3)23-12-17-14(2)24-25(21(17)26)15-7-5-4-6-8-15/h4-8,12-13,24H,9-11H2,1-3H3/b23-12+. The first kappa shape index (κ1) is 19.4. The van der Waals surface area contributed by atoms with Gasteiger partial charge in [0, 0.05) is 16.8 Å². The molecule has 0 fully saturated rings. The third-order valence-electron chi connectivity index (χ3n) is 5.32. The number of thiophene rings is 1. The van der Waals surface area contributed by atoms with E-state index in [-0.39, 0.29) is 11.5 Å². The molecule has 0 radical (unpaired) electrons. The van der Waals surface area contributed by atoms with Crippen LogP contribution in [0.15, 0.2) is 40.1 Å². The number of esters is 1. The zero-order valence-corrected chi connectivity index (χ0v) is 17.5. The van der Waals surface area contributed by atoms with Crippen LogP contribution in [0.25, 0.3) is 5.69 Å². The van der Waals surface area contributed by atoms with Gasteiger partial charge in [-0.2, -0.15) is 0 Å². The maximum atomic E-state index is 12.9. The number of methoxy groups -OCH3 is 1. The van der Waals surface area contributed by atoms with Crippen LogP contribution in [-0.4, -0.2) is 29.1 Å². The zero-order valence-electron chi connectivity index (χ0n) is 16.7. The number of nitrogens with one attached hydrogen (secondary N) is 1. The Balaban J connectivity index is 1.75. The van der Waals surface area contributed by atoms with Gasteiger partial charge >= 0.3 is 5.97 Å². The smallest absolute Gasteiger partial charge is 0.341 e. The van der Waals surface area contributed by atoms with Crippen molar-refractivity contribution >= 4 is 28.5 Å². The number of carbonyl (C=O) groups is 1. The minimum atomic E-state index is -0.364. The molecular weight excluding hydrogens is 386 g/mol. The molecule has 0 amide bonds. The largest absolute Gasteiger partial charge is 0.465 e. The molecule has 0 bridgehead atoms. The van der Waals surface area contributed by atoms with Crippen LogP contribution in [-0.2, 0) is 17.6 Å². The van der Waals surface area contributed by atoms with Gasteiger partial charge in [-0.25, -0.2) is 14.5 Å². The average Bonchev–Trinajstić information content (AvgIpc) is 3.22. The normalized spacial score (nSPS) is 16.2.